The fraction of sp³-hybridized carbons (Fsp3) is 0.435. The Labute approximate surface area is 201 Å². The maximum absolute atomic E-state index is 15.4. The highest BCUT2D eigenvalue weighted by Gasteiger charge is 2.31. The number of hydrogen-bond acceptors (Lipinski definition) is 5. The summed E-state index contributed by atoms with van der Waals surface area (Å²) < 4.78 is 69.0. The summed E-state index contributed by atoms with van der Waals surface area (Å²) in [6, 6.07) is 5.65. The molecule has 34 heavy (non-hydrogen) atoms. The zero-order valence-corrected chi connectivity index (χ0v) is 20.1. The lowest BCUT2D eigenvalue weighted by Crippen LogP contribution is -2.22. The van der Waals surface area contributed by atoms with Crippen molar-refractivity contribution in [2.24, 2.45) is 11.1 Å². The first-order valence-electron chi connectivity index (χ1n) is 11.0. The van der Waals surface area contributed by atoms with Gasteiger partial charge in [0, 0.05) is 12.3 Å². The number of benzene rings is 2. The Hall–Kier alpha value is -2.24. The predicted molar refractivity (Wildman–Crippen MR) is 125 cm³/mol. The van der Waals surface area contributed by atoms with Gasteiger partial charge in [-0.3, -0.25) is 0 Å². The molecule has 1 aliphatic carbocycles. The quantitative estimate of drug-likeness (QED) is 0.315. The van der Waals surface area contributed by atoms with Gasteiger partial charge in [-0.1, -0.05) is 44.2 Å². The van der Waals surface area contributed by atoms with E-state index < -0.39 is 48.9 Å². The lowest BCUT2D eigenvalue weighted by molar-refractivity contribution is 0.0697. The molecule has 1 aliphatic rings. The van der Waals surface area contributed by atoms with E-state index in [0.29, 0.717) is 17.3 Å². The van der Waals surface area contributed by atoms with Gasteiger partial charge in [0.05, 0.1) is 16.1 Å². The Morgan fingerprint density at radius 3 is 2.15 bits per heavy atom. The molecule has 0 atom stereocenters. The Morgan fingerprint density at radius 1 is 1.00 bits per heavy atom. The Morgan fingerprint density at radius 2 is 1.59 bits per heavy atom. The first-order chi connectivity index (χ1) is 16.1. The number of thioether (sulfide) groups is 1. The van der Waals surface area contributed by atoms with Gasteiger partial charge >= 0.3 is 5.97 Å². The molecule has 3 rings (SSSR count). The van der Waals surface area contributed by atoms with E-state index >= 15 is 4.39 Å². The lowest BCUT2D eigenvalue weighted by atomic mass is 9.91. The maximum Gasteiger partial charge on any atom is 0.335 e. The van der Waals surface area contributed by atoms with Gasteiger partial charge in [0.15, 0.2) is 17.5 Å². The Balaban J connectivity index is 1.89. The van der Waals surface area contributed by atoms with Crippen molar-refractivity contribution in [2.45, 2.75) is 60.5 Å². The molecule has 2 aromatic carbocycles. The number of rotatable bonds is 8. The normalized spacial score (nSPS) is 15.5. The highest BCUT2D eigenvalue weighted by Crippen LogP contribution is 2.39. The standard InChI is InChI=1S/C23H27F3N2O4S2/c24-17-18(25)22(34(27,31)32)20(28-12-14-6-4-2-1-3-5-7-14)19(26)21(17)33-13-15-8-10-16(11-9-15)23(29)30/h8-11,14,28H,1-7,12-13H2,(H,29,30)(H2,27,31,32). The number of nitrogens with one attached hydrogen (secondary N) is 1. The minimum absolute atomic E-state index is 0.00393. The molecule has 186 valence electrons. The van der Waals surface area contributed by atoms with E-state index in [0.717, 1.165) is 44.9 Å². The molecule has 0 radical (unpaired) electrons. The first kappa shape index (κ1) is 26.4. The van der Waals surface area contributed by atoms with E-state index in [1.54, 1.807) is 0 Å². The Bertz CT molecular complexity index is 1130. The van der Waals surface area contributed by atoms with Crippen LogP contribution in [0.2, 0.25) is 0 Å². The Kier molecular flexibility index (Phi) is 8.89. The number of anilines is 1. The average molecular weight is 517 g/mol. The number of sulfonamides is 1. The van der Waals surface area contributed by atoms with Gasteiger partial charge in [-0.15, -0.1) is 11.8 Å². The lowest BCUT2D eigenvalue weighted by Gasteiger charge is -2.22. The maximum atomic E-state index is 15.4. The SMILES string of the molecule is NS(=O)(=O)c1c(F)c(F)c(SCc2ccc(C(=O)O)cc2)c(F)c1NCC1CCCCCCC1. The minimum atomic E-state index is -4.75. The van der Waals surface area contributed by atoms with Crippen LogP contribution in [0.1, 0.15) is 60.9 Å². The molecule has 0 heterocycles. The first-order valence-corrected chi connectivity index (χ1v) is 13.5. The molecule has 1 saturated carbocycles. The molecule has 4 N–H and O–H groups in total. The van der Waals surface area contributed by atoms with Crippen LogP contribution in [-0.4, -0.2) is 26.0 Å². The van der Waals surface area contributed by atoms with Crippen molar-refractivity contribution in [3.05, 3.63) is 52.8 Å². The summed E-state index contributed by atoms with van der Waals surface area (Å²) >= 11 is 0.643. The van der Waals surface area contributed by atoms with Crippen LogP contribution in [0.25, 0.3) is 0 Å². The fourth-order valence-electron chi connectivity index (χ4n) is 4.06. The predicted octanol–water partition coefficient (Wildman–Crippen LogP) is 5.51. The zero-order valence-electron chi connectivity index (χ0n) is 18.5. The summed E-state index contributed by atoms with van der Waals surface area (Å²) in [6.45, 7) is 0.214. The molecule has 0 saturated heterocycles. The number of primary sulfonamides is 1. The summed E-state index contributed by atoms with van der Waals surface area (Å²) in [5, 5.41) is 16.8. The number of hydrogen-bond donors (Lipinski definition) is 3. The molecule has 0 unspecified atom stereocenters. The van der Waals surface area contributed by atoms with E-state index in [4.69, 9.17) is 10.2 Å². The second-order valence-corrected chi connectivity index (χ2v) is 10.9. The van der Waals surface area contributed by atoms with Crippen LogP contribution in [0, 0.1) is 23.4 Å². The summed E-state index contributed by atoms with van der Waals surface area (Å²) in [6.07, 6.45) is 7.08. The highest BCUT2D eigenvalue weighted by molar-refractivity contribution is 7.98. The molecule has 0 amide bonds. The zero-order chi connectivity index (χ0) is 24.9. The van der Waals surface area contributed by atoms with E-state index in [9.17, 15) is 22.0 Å². The van der Waals surface area contributed by atoms with Crippen molar-refractivity contribution >= 4 is 33.4 Å². The van der Waals surface area contributed by atoms with Gasteiger partial charge in [-0.25, -0.2) is 31.5 Å². The molecule has 1 fully saturated rings. The van der Waals surface area contributed by atoms with Crippen LogP contribution in [0.4, 0.5) is 18.9 Å². The van der Waals surface area contributed by atoms with Crippen LogP contribution in [0.5, 0.6) is 0 Å². The average Bonchev–Trinajstić information content (AvgIpc) is 2.75. The molecule has 0 aliphatic heterocycles. The molecular weight excluding hydrogens is 489 g/mol. The second kappa shape index (κ2) is 11.5. The largest absolute Gasteiger partial charge is 0.478 e. The van der Waals surface area contributed by atoms with Crippen molar-refractivity contribution in [2.75, 3.05) is 11.9 Å². The van der Waals surface area contributed by atoms with E-state index in [1.807, 2.05) is 0 Å². The molecule has 0 aromatic heterocycles. The monoisotopic (exact) mass is 516 g/mol. The smallest absolute Gasteiger partial charge is 0.335 e. The summed E-state index contributed by atoms with van der Waals surface area (Å²) in [4.78, 5) is 9.08. The van der Waals surface area contributed by atoms with Gasteiger partial charge in [-0.05, 0) is 36.5 Å². The number of halogens is 3. The van der Waals surface area contributed by atoms with Crippen molar-refractivity contribution in [3.63, 3.8) is 0 Å². The number of carbonyl (C=O) groups is 1. The topological polar surface area (TPSA) is 109 Å². The minimum Gasteiger partial charge on any atom is -0.478 e. The van der Waals surface area contributed by atoms with Crippen LogP contribution >= 0.6 is 11.8 Å². The van der Waals surface area contributed by atoms with Gasteiger partial charge in [-0.2, -0.15) is 0 Å². The number of aromatic carboxylic acids is 1. The number of carboxylic acid groups (broad SMARTS) is 1. The van der Waals surface area contributed by atoms with E-state index in [1.165, 1.54) is 24.3 Å². The van der Waals surface area contributed by atoms with Crippen molar-refractivity contribution in [1.29, 1.82) is 0 Å². The van der Waals surface area contributed by atoms with Crippen molar-refractivity contribution in [1.82, 2.24) is 0 Å². The molecular formula is C23H27F3N2O4S2. The molecule has 11 heteroatoms. The highest BCUT2D eigenvalue weighted by atomic mass is 32.2. The van der Waals surface area contributed by atoms with E-state index in [-0.39, 0.29) is 23.8 Å². The molecule has 2 aromatic rings. The van der Waals surface area contributed by atoms with Crippen LogP contribution in [0.15, 0.2) is 34.1 Å². The van der Waals surface area contributed by atoms with Crippen molar-refractivity contribution in [3.8, 4) is 0 Å². The van der Waals surface area contributed by atoms with Gasteiger partial charge in [0.2, 0.25) is 10.0 Å². The van der Waals surface area contributed by atoms with Gasteiger partial charge in [0.1, 0.15) is 4.90 Å². The van der Waals surface area contributed by atoms with Crippen molar-refractivity contribution < 1.29 is 31.5 Å². The summed E-state index contributed by atoms with van der Waals surface area (Å²) in [5.41, 5.74) is -0.0590. The second-order valence-electron chi connectivity index (χ2n) is 8.40. The molecule has 6 nitrogen and oxygen atoms in total. The number of carboxylic acids is 1. The van der Waals surface area contributed by atoms with Gasteiger partial charge < -0.3 is 10.4 Å². The number of nitrogens with two attached hydrogens (primary N) is 1. The van der Waals surface area contributed by atoms with Crippen LogP contribution < -0.4 is 10.5 Å². The third kappa shape index (κ3) is 6.45. The van der Waals surface area contributed by atoms with Crippen LogP contribution in [-0.2, 0) is 15.8 Å². The fourth-order valence-corrected chi connectivity index (χ4v) is 5.79. The third-order valence-electron chi connectivity index (χ3n) is 5.90. The summed E-state index contributed by atoms with van der Waals surface area (Å²) in [7, 11) is -4.75. The van der Waals surface area contributed by atoms with Gasteiger partial charge in [0.25, 0.3) is 0 Å². The van der Waals surface area contributed by atoms with E-state index in [2.05, 4.69) is 5.32 Å². The van der Waals surface area contributed by atoms with Crippen LogP contribution in [0.3, 0.4) is 0 Å². The summed E-state index contributed by atoms with van der Waals surface area (Å²) in [5.74, 6) is -5.55. The third-order valence-corrected chi connectivity index (χ3v) is 7.98. The molecule has 0 spiro atoms. The molecule has 0 bridgehead atoms.